The molecule has 1 aliphatic rings. The molecule has 0 saturated heterocycles. The molecule has 2 unspecified atom stereocenters. The molecule has 1 N–H and O–H groups in total. The maximum atomic E-state index is 11.4. The number of aliphatic carboxylic acids is 1. The van der Waals surface area contributed by atoms with Gasteiger partial charge in [-0.2, -0.15) is 0 Å². The molecule has 2 atom stereocenters. The van der Waals surface area contributed by atoms with Gasteiger partial charge in [0.2, 0.25) is 0 Å². The van der Waals surface area contributed by atoms with Crippen molar-refractivity contribution < 1.29 is 9.90 Å². The Kier molecular flexibility index (Phi) is 4.18. The summed E-state index contributed by atoms with van der Waals surface area (Å²) < 4.78 is 0. The smallest absolute Gasteiger partial charge is 0.309 e. The predicted octanol–water partition coefficient (Wildman–Crippen LogP) is 3.70. The van der Waals surface area contributed by atoms with Crippen LogP contribution in [0.4, 0.5) is 0 Å². The minimum Gasteiger partial charge on any atom is -0.481 e. The van der Waals surface area contributed by atoms with Gasteiger partial charge in [0.05, 0.1) is 5.41 Å². The van der Waals surface area contributed by atoms with Gasteiger partial charge in [0.25, 0.3) is 0 Å². The molecule has 2 nitrogen and oxygen atoms in total. The van der Waals surface area contributed by atoms with E-state index in [0.29, 0.717) is 11.8 Å². The molecule has 1 rings (SSSR count). The molecule has 1 fully saturated rings. The SMILES string of the molecule is CCC1CCC(CCC(C)C)(C(=O)O)C1. The van der Waals surface area contributed by atoms with Crippen molar-refractivity contribution in [2.45, 2.75) is 59.3 Å². The summed E-state index contributed by atoms with van der Waals surface area (Å²) in [4.78, 5) is 11.4. The molecular weight excluding hydrogens is 188 g/mol. The third-order valence-electron chi connectivity index (χ3n) is 3.94. The van der Waals surface area contributed by atoms with Gasteiger partial charge in [0.1, 0.15) is 0 Å². The van der Waals surface area contributed by atoms with Crippen LogP contribution in [0.5, 0.6) is 0 Å². The standard InChI is InChI=1S/C13H24O2/c1-4-11-6-8-13(9-11,12(14)15)7-5-10(2)3/h10-11H,4-9H2,1-3H3,(H,14,15). The van der Waals surface area contributed by atoms with E-state index in [4.69, 9.17) is 0 Å². The first kappa shape index (κ1) is 12.5. The average Bonchev–Trinajstić information content (AvgIpc) is 2.59. The first-order chi connectivity index (χ1) is 7.00. The maximum Gasteiger partial charge on any atom is 0.309 e. The zero-order chi connectivity index (χ0) is 11.5. The van der Waals surface area contributed by atoms with E-state index < -0.39 is 5.97 Å². The second kappa shape index (κ2) is 5.00. The third kappa shape index (κ3) is 2.96. The zero-order valence-corrected chi connectivity index (χ0v) is 10.3. The largest absolute Gasteiger partial charge is 0.481 e. The molecule has 1 aliphatic carbocycles. The van der Waals surface area contributed by atoms with E-state index in [-0.39, 0.29) is 5.41 Å². The van der Waals surface area contributed by atoms with Gasteiger partial charge in [0.15, 0.2) is 0 Å². The van der Waals surface area contributed by atoms with Gasteiger partial charge in [-0.3, -0.25) is 4.79 Å². The highest BCUT2D eigenvalue weighted by atomic mass is 16.4. The summed E-state index contributed by atoms with van der Waals surface area (Å²) >= 11 is 0. The molecule has 0 aromatic rings. The molecule has 0 heterocycles. The van der Waals surface area contributed by atoms with Gasteiger partial charge < -0.3 is 5.11 Å². The van der Waals surface area contributed by atoms with Crippen molar-refractivity contribution in [3.8, 4) is 0 Å². The molecule has 0 bridgehead atoms. The Balaban J connectivity index is 2.60. The highest BCUT2D eigenvalue weighted by Gasteiger charge is 2.44. The number of hydrogen-bond donors (Lipinski definition) is 1. The Morgan fingerprint density at radius 3 is 2.60 bits per heavy atom. The van der Waals surface area contributed by atoms with Crippen LogP contribution in [0.2, 0.25) is 0 Å². The molecule has 2 heteroatoms. The summed E-state index contributed by atoms with van der Waals surface area (Å²) in [5.41, 5.74) is -0.384. The first-order valence-electron chi connectivity index (χ1n) is 6.23. The fraction of sp³-hybridized carbons (Fsp3) is 0.923. The summed E-state index contributed by atoms with van der Waals surface area (Å²) in [7, 11) is 0. The summed E-state index contributed by atoms with van der Waals surface area (Å²) in [5.74, 6) is 0.703. The second-order valence-electron chi connectivity index (χ2n) is 5.54. The van der Waals surface area contributed by atoms with Crippen LogP contribution in [0.15, 0.2) is 0 Å². The predicted molar refractivity (Wildman–Crippen MR) is 61.8 cm³/mol. The van der Waals surface area contributed by atoms with Crippen molar-refractivity contribution in [2.24, 2.45) is 17.3 Å². The highest BCUT2D eigenvalue weighted by Crippen LogP contribution is 2.47. The average molecular weight is 212 g/mol. The van der Waals surface area contributed by atoms with E-state index >= 15 is 0 Å². The lowest BCUT2D eigenvalue weighted by atomic mass is 9.79. The Labute approximate surface area is 93.1 Å². The number of hydrogen-bond acceptors (Lipinski definition) is 1. The van der Waals surface area contributed by atoms with Crippen molar-refractivity contribution in [1.29, 1.82) is 0 Å². The first-order valence-corrected chi connectivity index (χ1v) is 6.23. The van der Waals surface area contributed by atoms with Crippen molar-refractivity contribution >= 4 is 5.97 Å². The monoisotopic (exact) mass is 212 g/mol. The molecule has 1 saturated carbocycles. The van der Waals surface area contributed by atoms with E-state index in [1.54, 1.807) is 0 Å². The Morgan fingerprint density at radius 2 is 2.20 bits per heavy atom. The van der Waals surface area contributed by atoms with Crippen LogP contribution in [-0.2, 0) is 4.79 Å². The summed E-state index contributed by atoms with van der Waals surface area (Å²) in [6.07, 6.45) is 5.97. The Morgan fingerprint density at radius 1 is 1.53 bits per heavy atom. The third-order valence-corrected chi connectivity index (χ3v) is 3.94. The highest BCUT2D eigenvalue weighted by molar-refractivity contribution is 5.75. The quantitative estimate of drug-likeness (QED) is 0.754. The van der Waals surface area contributed by atoms with Crippen molar-refractivity contribution in [3.05, 3.63) is 0 Å². The van der Waals surface area contributed by atoms with Crippen LogP contribution in [0, 0.1) is 17.3 Å². The van der Waals surface area contributed by atoms with Gasteiger partial charge in [-0.05, 0) is 43.9 Å². The lowest BCUT2D eigenvalue weighted by Gasteiger charge is -2.25. The molecular formula is C13H24O2. The van der Waals surface area contributed by atoms with Crippen molar-refractivity contribution in [2.75, 3.05) is 0 Å². The Hall–Kier alpha value is -0.530. The van der Waals surface area contributed by atoms with Gasteiger partial charge in [0, 0.05) is 0 Å². The lowest BCUT2D eigenvalue weighted by Crippen LogP contribution is -2.28. The van der Waals surface area contributed by atoms with Crippen molar-refractivity contribution in [1.82, 2.24) is 0 Å². The molecule has 88 valence electrons. The Bertz CT molecular complexity index is 223. The van der Waals surface area contributed by atoms with Gasteiger partial charge >= 0.3 is 5.97 Å². The molecule has 0 radical (unpaired) electrons. The normalized spacial score (nSPS) is 31.1. The number of carboxylic acid groups (broad SMARTS) is 1. The van der Waals surface area contributed by atoms with Crippen LogP contribution in [-0.4, -0.2) is 11.1 Å². The molecule has 0 aromatic heterocycles. The fourth-order valence-electron chi connectivity index (χ4n) is 2.68. The van der Waals surface area contributed by atoms with Crippen LogP contribution < -0.4 is 0 Å². The second-order valence-corrected chi connectivity index (χ2v) is 5.54. The number of carboxylic acids is 1. The minimum atomic E-state index is -0.556. The van der Waals surface area contributed by atoms with Gasteiger partial charge in [-0.25, -0.2) is 0 Å². The zero-order valence-electron chi connectivity index (χ0n) is 10.3. The van der Waals surface area contributed by atoms with E-state index in [0.717, 1.165) is 38.5 Å². The van der Waals surface area contributed by atoms with E-state index in [9.17, 15) is 9.90 Å². The summed E-state index contributed by atoms with van der Waals surface area (Å²) in [6, 6.07) is 0. The molecule has 0 spiro atoms. The fourth-order valence-corrected chi connectivity index (χ4v) is 2.68. The number of carbonyl (C=O) groups is 1. The number of rotatable bonds is 5. The topological polar surface area (TPSA) is 37.3 Å². The maximum absolute atomic E-state index is 11.4. The summed E-state index contributed by atoms with van der Waals surface area (Å²) in [5, 5.41) is 9.39. The van der Waals surface area contributed by atoms with Crippen LogP contribution in [0.3, 0.4) is 0 Å². The minimum absolute atomic E-state index is 0.384. The van der Waals surface area contributed by atoms with E-state index in [2.05, 4.69) is 20.8 Å². The van der Waals surface area contributed by atoms with E-state index in [1.165, 1.54) is 0 Å². The summed E-state index contributed by atoms with van der Waals surface area (Å²) in [6.45, 7) is 6.51. The van der Waals surface area contributed by atoms with Crippen molar-refractivity contribution in [3.63, 3.8) is 0 Å². The molecule has 0 aromatic carbocycles. The molecule has 15 heavy (non-hydrogen) atoms. The van der Waals surface area contributed by atoms with Gasteiger partial charge in [-0.1, -0.05) is 27.2 Å². The molecule has 0 amide bonds. The van der Waals surface area contributed by atoms with E-state index in [1.807, 2.05) is 0 Å². The lowest BCUT2D eigenvalue weighted by molar-refractivity contribution is -0.149. The van der Waals surface area contributed by atoms with Crippen LogP contribution >= 0.6 is 0 Å². The van der Waals surface area contributed by atoms with Crippen LogP contribution in [0.25, 0.3) is 0 Å². The van der Waals surface area contributed by atoms with Crippen LogP contribution in [0.1, 0.15) is 59.3 Å². The molecule has 0 aliphatic heterocycles. The van der Waals surface area contributed by atoms with Gasteiger partial charge in [-0.15, -0.1) is 0 Å².